The molecular weight excluding hydrogens is 460 g/mol. The molecule has 9 heteroatoms. The molecule has 1 aliphatic rings. The molecule has 1 aromatic carbocycles. The van der Waals surface area contributed by atoms with Crippen LogP contribution >= 0.6 is 11.8 Å². The predicted octanol–water partition coefficient (Wildman–Crippen LogP) is 5.18. The smallest absolute Gasteiger partial charge is 0.196 e. The summed E-state index contributed by atoms with van der Waals surface area (Å²) >= 11 is 1.49. The maximum atomic E-state index is 11.8. The summed E-state index contributed by atoms with van der Waals surface area (Å²) in [7, 11) is 1.79. The van der Waals surface area contributed by atoms with Crippen molar-refractivity contribution in [3.8, 4) is 0 Å². The number of ether oxygens (including phenoxy) is 1. The van der Waals surface area contributed by atoms with Crippen LogP contribution in [0.3, 0.4) is 0 Å². The Hall–Kier alpha value is -2.91. The first-order valence-corrected chi connectivity index (χ1v) is 12.7. The van der Waals surface area contributed by atoms with Gasteiger partial charge in [0.05, 0.1) is 13.1 Å². The van der Waals surface area contributed by atoms with E-state index in [0.717, 1.165) is 35.1 Å². The molecule has 186 valence electrons. The molecule has 3 heterocycles. The number of anilines is 3. The number of nitrogens with one attached hydrogen (secondary N) is 2. The fraction of sp³-hybridized carbons (Fsp3) is 0.462. The highest BCUT2D eigenvalue weighted by Crippen LogP contribution is 2.43. The number of H-pyrrole nitrogens is 1. The monoisotopic (exact) mass is 494 g/mol. The predicted molar refractivity (Wildman–Crippen MR) is 140 cm³/mol. The Bertz CT molecular complexity index is 1180. The lowest BCUT2D eigenvalue weighted by molar-refractivity contribution is -0.118. The molecule has 0 atom stereocenters. The second kappa shape index (κ2) is 9.99. The fourth-order valence-electron chi connectivity index (χ4n) is 4.07. The summed E-state index contributed by atoms with van der Waals surface area (Å²) in [5, 5.41) is 11.2. The zero-order valence-corrected chi connectivity index (χ0v) is 22.1. The van der Waals surface area contributed by atoms with Gasteiger partial charge < -0.3 is 15.0 Å². The molecule has 2 N–H and O–H groups in total. The number of Topliss-reactive ketones (excluding diaryl/α,β-unsaturated/α-hetero) is 1. The Morgan fingerprint density at radius 3 is 2.46 bits per heavy atom. The Labute approximate surface area is 211 Å². The number of aromatic nitrogens is 4. The van der Waals surface area contributed by atoms with E-state index in [2.05, 4.69) is 41.2 Å². The highest BCUT2D eigenvalue weighted by molar-refractivity contribution is 7.99. The first kappa shape index (κ1) is 25.2. The van der Waals surface area contributed by atoms with Gasteiger partial charge in [0, 0.05) is 42.7 Å². The van der Waals surface area contributed by atoms with E-state index in [0.29, 0.717) is 29.6 Å². The Balaban J connectivity index is 1.58. The lowest BCUT2D eigenvalue weighted by Crippen LogP contribution is -2.69. The molecule has 0 aliphatic carbocycles. The van der Waals surface area contributed by atoms with Crippen LogP contribution in [0.25, 0.3) is 0 Å². The minimum Gasteiger partial charge on any atom is -0.374 e. The van der Waals surface area contributed by atoms with Gasteiger partial charge in [-0.3, -0.25) is 9.89 Å². The molecular formula is C26H34N6O2S. The Morgan fingerprint density at radius 2 is 1.89 bits per heavy atom. The number of hydrogen-bond acceptors (Lipinski definition) is 8. The van der Waals surface area contributed by atoms with Gasteiger partial charge in [0.25, 0.3) is 0 Å². The average Bonchev–Trinajstić information content (AvgIpc) is 3.18. The average molecular weight is 495 g/mol. The summed E-state index contributed by atoms with van der Waals surface area (Å²) in [6.45, 7) is 12.0. The third kappa shape index (κ3) is 5.67. The molecule has 1 aliphatic heterocycles. The van der Waals surface area contributed by atoms with Gasteiger partial charge in [-0.1, -0.05) is 39.8 Å². The van der Waals surface area contributed by atoms with Crippen LogP contribution in [0, 0.1) is 12.3 Å². The second-order valence-corrected chi connectivity index (χ2v) is 11.1. The summed E-state index contributed by atoms with van der Waals surface area (Å²) in [5.41, 5.74) is 1.78. The van der Waals surface area contributed by atoms with E-state index < -0.39 is 0 Å². The first-order chi connectivity index (χ1) is 16.6. The minimum atomic E-state index is -0.218. The zero-order valence-electron chi connectivity index (χ0n) is 21.3. The minimum absolute atomic E-state index is 0.0113. The molecule has 1 saturated heterocycles. The van der Waals surface area contributed by atoms with Gasteiger partial charge in [0.15, 0.2) is 11.0 Å². The number of aryl methyl sites for hydroxylation is 1. The van der Waals surface area contributed by atoms with E-state index in [1.165, 1.54) is 11.8 Å². The molecule has 0 radical (unpaired) electrons. The van der Waals surface area contributed by atoms with Crippen molar-refractivity contribution in [2.45, 2.75) is 63.1 Å². The summed E-state index contributed by atoms with van der Waals surface area (Å²) in [4.78, 5) is 24.6. The standard InChI is InChI=1S/C26H34N6O2S/c1-7-19(33)13-18-8-10-20(11-9-18)35-24-28-21(27-22-12-17(2)30-31-22)14-23(29-24)32-15-26(16-32,34-6)25(3,4)5/h8-12,14H,7,13,15-16H2,1-6H3,(H2,27,28,29,30,31). The summed E-state index contributed by atoms with van der Waals surface area (Å²) in [6.07, 6.45) is 1.02. The van der Waals surface area contributed by atoms with E-state index in [1.807, 2.05) is 50.2 Å². The molecule has 0 bridgehead atoms. The highest BCUT2D eigenvalue weighted by atomic mass is 32.2. The van der Waals surface area contributed by atoms with E-state index in [9.17, 15) is 4.79 Å². The number of carbonyl (C=O) groups is 1. The van der Waals surface area contributed by atoms with Gasteiger partial charge in [-0.15, -0.1) is 0 Å². The highest BCUT2D eigenvalue weighted by Gasteiger charge is 2.52. The third-order valence-electron chi connectivity index (χ3n) is 6.56. The van der Waals surface area contributed by atoms with Gasteiger partial charge in [-0.05, 0) is 41.8 Å². The third-order valence-corrected chi connectivity index (χ3v) is 7.43. The van der Waals surface area contributed by atoms with Crippen molar-refractivity contribution in [3.05, 3.63) is 47.7 Å². The van der Waals surface area contributed by atoms with Gasteiger partial charge in [-0.25, -0.2) is 9.97 Å². The van der Waals surface area contributed by atoms with Crippen LogP contribution in [0.1, 0.15) is 45.4 Å². The van der Waals surface area contributed by atoms with Gasteiger partial charge in [0.1, 0.15) is 23.0 Å². The van der Waals surface area contributed by atoms with Crippen LogP contribution in [-0.2, 0) is 16.0 Å². The molecule has 0 saturated carbocycles. The summed E-state index contributed by atoms with van der Waals surface area (Å²) in [5.74, 6) is 2.47. The van der Waals surface area contributed by atoms with Gasteiger partial charge in [-0.2, -0.15) is 5.10 Å². The number of hydrogen-bond donors (Lipinski definition) is 2. The molecule has 0 unspecified atom stereocenters. The van der Waals surface area contributed by atoms with Crippen molar-refractivity contribution < 1.29 is 9.53 Å². The number of aromatic amines is 1. The first-order valence-electron chi connectivity index (χ1n) is 11.9. The quantitative estimate of drug-likeness (QED) is 0.393. The summed E-state index contributed by atoms with van der Waals surface area (Å²) < 4.78 is 5.95. The van der Waals surface area contributed by atoms with Crippen molar-refractivity contribution in [1.82, 2.24) is 20.2 Å². The second-order valence-electron chi connectivity index (χ2n) is 10.1. The molecule has 0 spiro atoms. The topological polar surface area (TPSA) is 96.0 Å². The Morgan fingerprint density at radius 1 is 1.17 bits per heavy atom. The van der Waals surface area contributed by atoms with E-state index in [1.54, 1.807) is 7.11 Å². The Kier molecular flexibility index (Phi) is 7.19. The SMILES string of the molecule is CCC(=O)Cc1ccc(Sc2nc(Nc3cc(C)[nH]n3)cc(N3CC(OC)(C(C)(C)C)C3)n2)cc1. The van der Waals surface area contributed by atoms with E-state index in [4.69, 9.17) is 14.7 Å². The molecule has 2 aromatic heterocycles. The molecule has 1 fully saturated rings. The number of nitrogens with zero attached hydrogens (tertiary/aromatic N) is 4. The van der Waals surface area contributed by atoms with E-state index >= 15 is 0 Å². The largest absolute Gasteiger partial charge is 0.374 e. The molecule has 4 rings (SSSR count). The van der Waals surface area contributed by atoms with E-state index in [-0.39, 0.29) is 16.8 Å². The van der Waals surface area contributed by atoms with Crippen LogP contribution < -0.4 is 10.2 Å². The molecule has 0 amide bonds. The number of benzene rings is 1. The fourth-order valence-corrected chi connectivity index (χ4v) is 4.84. The number of carbonyl (C=O) groups excluding carboxylic acids is 1. The van der Waals surface area contributed by atoms with Crippen LogP contribution in [0.15, 0.2) is 46.5 Å². The number of rotatable bonds is 9. The lowest BCUT2D eigenvalue weighted by atomic mass is 9.71. The van der Waals surface area contributed by atoms with Crippen molar-refractivity contribution in [2.24, 2.45) is 5.41 Å². The van der Waals surface area contributed by atoms with Gasteiger partial charge >= 0.3 is 0 Å². The maximum absolute atomic E-state index is 11.8. The molecule has 3 aromatic rings. The molecule has 35 heavy (non-hydrogen) atoms. The van der Waals surface area contributed by atoms with Crippen molar-refractivity contribution in [1.29, 1.82) is 0 Å². The zero-order chi connectivity index (χ0) is 25.2. The van der Waals surface area contributed by atoms with Crippen molar-refractivity contribution >= 4 is 35.0 Å². The molecule has 8 nitrogen and oxygen atoms in total. The number of methoxy groups -OCH3 is 1. The summed E-state index contributed by atoms with van der Waals surface area (Å²) in [6, 6.07) is 11.9. The van der Waals surface area contributed by atoms with Gasteiger partial charge in [0.2, 0.25) is 0 Å². The van der Waals surface area contributed by atoms with Crippen molar-refractivity contribution in [3.63, 3.8) is 0 Å². The lowest BCUT2D eigenvalue weighted by Gasteiger charge is -2.56. The number of ketones is 1. The van der Waals surface area contributed by atoms with Crippen LogP contribution in [0.5, 0.6) is 0 Å². The van der Waals surface area contributed by atoms with Crippen molar-refractivity contribution in [2.75, 3.05) is 30.4 Å². The van der Waals surface area contributed by atoms with Crippen LogP contribution in [-0.4, -0.2) is 51.7 Å². The normalized spacial score (nSPS) is 15.1. The van der Waals surface area contributed by atoms with Crippen LogP contribution in [0.2, 0.25) is 0 Å². The maximum Gasteiger partial charge on any atom is 0.196 e. The van der Waals surface area contributed by atoms with Crippen LogP contribution in [0.4, 0.5) is 17.5 Å².